The van der Waals surface area contributed by atoms with E-state index in [9.17, 15) is 4.79 Å². The first-order chi connectivity index (χ1) is 9.91. The van der Waals surface area contributed by atoms with Crippen molar-refractivity contribution in [2.75, 3.05) is 32.8 Å². The van der Waals surface area contributed by atoms with Crippen LogP contribution in [0.2, 0.25) is 25.2 Å². The topological polar surface area (TPSA) is 26.3 Å². The molecule has 0 spiro atoms. The van der Waals surface area contributed by atoms with E-state index in [2.05, 4.69) is 55.5 Å². The molecule has 0 amide bonds. The first-order valence-corrected chi connectivity index (χ1v) is 18.0. The van der Waals surface area contributed by atoms with Gasteiger partial charge in [-0.3, -0.25) is 0 Å². The molecular formula is C17H38BrO2PSi. The number of carbonyl (C=O) groups excluding carboxylic acids is 1. The van der Waals surface area contributed by atoms with Gasteiger partial charge in [-0.25, -0.2) is 0 Å². The Hall–Kier alpha value is 0.597. The summed E-state index contributed by atoms with van der Waals surface area (Å²) >= 11 is 3.71. The van der Waals surface area contributed by atoms with Crippen LogP contribution in [-0.4, -0.2) is 46.8 Å². The molecule has 0 radical (unpaired) electrons. The molecule has 0 bridgehead atoms. The predicted molar refractivity (Wildman–Crippen MR) is 110 cm³/mol. The number of carbonyl (C=O) groups is 1. The summed E-state index contributed by atoms with van der Waals surface area (Å²) in [5.74, 6) is -0.0357. The third-order valence-electron chi connectivity index (χ3n) is 3.91. The van der Waals surface area contributed by atoms with Gasteiger partial charge >= 0.3 is 134 Å². The summed E-state index contributed by atoms with van der Waals surface area (Å²) in [6.07, 6.45) is 8.73. The maximum atomic E-state index is 11.9. The van der Waals surface area contributed by atoms with Crippen LogP contribution in [0.5, 0.6) is 0 Å². The summed E-state index contributed by atoms with van der Waals surface area (Å²) in [5, 5.41) is -1.96. The molecule has 0 aliphatic heterocycles. The average molecular weight is 413 g/mol. The molecule has 0 rings (SSSR count). The van der Waals surface area contributed by atoms with E-state index in [-0.39, 0.29) is 5.97 Å². The zero-order valence-corrected chi connectivity index (χ0v) is 19.2. The first-order valence-electron chi connectivity index (χ1n) is 8.79. The van der Waals surface area contributed by atoms with Crippen LogP contribution in [0, 0.1) is 0 Å². The molecule has 0 N–H and O–H groups in total. The minimum atomic E-state index is -1.96. The Morgan fingerprint density at radius 2 is 1.55 bits per heavy atom. The summed E-state index contributed by atoms with van der Waals surface area (Å²) in [6, 6.07) is 2.47. The molecule has 0 unspecified atom stereocenters. The summed E-state index contributed by atoms with van der Waals surface area (Å²) in [6.45, 7) is 14.2. The fraction of sp³-hybridized carbons (Fsp3) is 0.941. The van der Waals surface area contributed by atoms with Gasteiger partial charge < -0.3 is 0 Å². The van der Waals surface area contributed by atoms with E-state index in [0.717, 1.165) is 6.04 Å². The molecular weight excluding hydrogens is 375 g/mol. The van der Waals surface area contributed by atoms with Crippen molar-refractivity contribution in [2.24, 2.45) is 0 Å². The van der Waals surface area contributed by atoms with Crippen molar-refractivity contribution in [3.05, 3.63) is 0 Å². The van der Waals surface area contributed by atoms with Gasteiger partial charge in [-0.15, -0.1) is 0 Å². The van der Waals surface area contributed by atoms with Crippen LogP contribution in [0.25, 0.3) is 0 Å². The number of halogens is 1. The Morgan fingerprint density at radius 3 is 2.09 bits per heavy atom. The second-order valence-electron chi connectivity index (χ2n) is 8.73. The SMILES string of the molecule is CCCCCCCC[Si](C)(C)CCOC(=O)CP(C)(C)(C)Br. The number of esters is 1. The van der Waals surface area contributed by atoms with Crippen LogP contribution in [0.4, 0.5) is 0 Å². The Balaban J connectivity index is 3.82. The molecule has 0 saturated carbocycles. The van der Waals surface area contributed by atoms with Crippen LogP contribution in [0.3, 0.4) is 0 Å². The van der Waals surface area contributed by atoms with Gasteiger partial charge in [-0.2, -0.15) is 0 Å². The van der Waals surface area contributed by atoms with E-state index >= 15 is 0 Å². The monoisotopic (exact) mass is 412 g/mol. The first kappa shape index (κ1) is 22.6. The normalized spacial score (nSPS) is 14.4. The van der Waals surface area contributed by atoms with E-state index in [1.165, 1.54) is 44.6 Å². The van der Waals surface area contributed by atoms with Crippen molar-refractivity contribution in [1.82, 2.24) is 0 Å². The Bertz CT molecular complexity index is 328. The van der Waals surface area contributed by atoms with Crippen LogP contribution < -0.4 is 0 Å². The van der Waals surface area contributed by atoms with Gasteiger partial charge in [0.2, 0.25) is 0 Å². The van der Waals surface area contributed by atoms with Crippen molar-refractivity contribution >= 4 is 34.8 Å². The molecule has 0 aromatic carbocycles. The molecule has 2 nitrogen and oxygen atoms in total. The second kappa shape index (κ2) is 9.79. The van der Waals surface area contributed by atoms with Crippen LogP contribution >= 0.6 is 20.8 Å². The number of unbranched alkanes of at least 4 members (excludes halogenated alkanes) is 5. The Kier molecular flexibility index (Phi) is 10.1. The minimum absolute atomic E-state index is 0.0357. The van der Waals surface area contributed by atoms with Crippen LogP contribution in [0.15, 0.2) is 0 Å². The van der Waals surface area contributed by atoms with Gasteiger partial charge in [0.1, 0.15) is 0 Å². The maximum absolute atomic E-state index is 11.9. The molecule has 0 aliphatic carbocycles. The molecule has 5 heteroatoms. The molecule has 0 atom stereocenters. The molecule has 0 saturated heterocycles. The van der Waals surface area contributed by atoms with Gasteiger partial charge in [-0.1, -0.05) is 13.3 Å². The third kappa shape index (κ3) is 15.5. The number of ether oxygens (including phenoxy) is 1. The molecule has 0 aromatic heterocycles. The van der Waals surface area contributed by atoms with Gasteiger partial charge in [0.25, 0.3) is 0 Å². The Morgan fingerprint density at radius 1 is 1.00 bits per heavy atom. The zero-order chi connectivity index (χ0) is 17.3. The van der Waals surface area contributed by atoms with Crippen molar-refractivity contribution < 1.29 is 9.53 Å². The third-order valence-corrected chi connectivity index (χ3v) is 9.26. The van der Waals surface area contributed by atoms with Crippen LogP contribution in [-0.2, 0) is 9.53 Å². The molecule has 0 aromatic rings. The van der Waals surface area contributed by atoms with E-state index in [1.54, 1.807) is 0 Å². The number of hydrogen-bond acceptors (Lipinski definition) is 2. The Labute approximate surface area is 147 Å². The molecule has 0 heterocycles. The predicted octanol–water partition coefficient (Wildman–Crippen LogP) is 6.35. The fourth-order valence-electron chi connectivity index (χ4n) is 2.43. The van der Waals surface area contributed by atoms with Crippen molar-refractivity contribution in [1.29, 1.82) is 0 Å². The second-order valence-corrected chi connectivity index (χ2v) is 28.1. The summed E-state index contributed by atoms with van der Waals surface area (Å²) in [4.78, 5) is 11.9. The number of rotatable bonds is 12. The number of hydrogen-bond donors (Lipinski definition) is 0. The zero-order valence-electron chi connectivity index (χ0n) is 15.7. The summed E-state index contributed by atoms with van der Waals surface area (Å²) in [5.41, 5.74) is 0. The van der Waals surface area contributed by atoms with Crippen molar-refractivity contribution in [3.8, 4) is 0 Å². The van der Waals surface area contributed by atoms with E-state index in [1.807, 2.05) is 0 Å². The summed E-state index contributed by atoms with van der Waals surface area (Å²) < 4.78 is 5.48. The molecule has 134 valence electrons. The van der Waals surface area contributed by atoms with Gasteiger partial charge in [-0.05, 0) is 0 Å². The standard InChI is InChI=1S/C17H38BrO2PSi/c1-7-8-9-10-11-12-14-22(5,6)15-13-20-17(19)16-21(2,3,4)18/h7-16H2,1-6H3. The summed E-state index contributed by atoms with van der Waals surface area (Å²) in [7, 11) is -1.19. The van der Waals surface area contributed by atoms with E-state index in [0.29, 0.717) is 12.8 Å². The van der Waals surface area contributed by atoms with Crippen LogP contribution in [0.1, 0.15) is 45.4 Å². The average Bonchev–Trinajstić information content (AvgIpc) is 2.30. The van der Waals surface area contributed by atoms with Gasteiger partial charge in [0, 0.05) is 0 Å². The molecule has 22 heavy (non-hydrogen) atoms. The van der Waals surface area contributed by atoms with Gasteiger partial charge in [0.15, 0.2) is 0 Å². The fourth-order valence-corrected chi connectivity index (χ4v) is 6.12. The van der Waals surface area contributed by atoms with E-state index < -0.39 is 13.4 Å². The van der Waals surface area contributed by atoms with Gasteiger partial charge in [0.05, 0.1) is 0 Å². The van der Waals surface area contributed by atoms with Crippen molar-refractivity contribution in [2.45, 2.75) is 70.6 Å². The molecule has 0 fully saturated rings. The quantitative estimate of drug-likeness (QED) is 0.161. The van der Waals surface area contributed by atoms with Crippen molar-refractivity contribution in [3.63, 3.8) is 0 Å². The molecule has 0 aliphatic rings. The van der Waals surface area contributed by atoms with E-state index in [4.69, 9.17) is 4.74 Å².